The van der Waals surface area contributed by atoms with Crippen molar-refractivity contribution < 1.29 is 9.53 Å². The lowest BCUT2D eigenvalue weighted by Gasteiger charge is -2.24. The van der Waals surface area contributed by atoms with Gasteiger partial charge in [-0.25, -0.2) is 4.79 Å². The van der Waals surface area contributed by atoms with Gasteiger partial charge in [0.1, 0.15) is 4.88 Å². The van der Waals surface area contributed by atoms with E-state index >= 15 is 0 Å². The quantitative estimate of drug-likeness (QED) is 0.593. The van der Waals surface area contributed by atoms with Crippen LogP contribution in [0.2, 0.25) is 0 Å². The van der Waals surface area contributed by atoms with Crippen molar-refractivity contribution in [3.8, 4) is 0 Å². The molecule has 0 amide bonds. The van der Waals surface area contributed by atoms with Crippen molar-refractivity contribution in [1.29, 1.82) is 0 Å². The van der Waals surface area contributed by atoms with Crippen molar-refractivity contribution in [2.75, 3.05) is 6.61 Å². The SMILES string of the molecule is CC1CC=CCC1COC(=O)c1cccs1. The van der Waals surface area contributed by atoms with Gasteiger partial charge in [-0.2, -0.15) is 0 Å². The Hall–Kier alpha value is -1.09. The molecule has 0 bridgehead atoms. The summed E-state index contributed by atoms with van der Waals surface area (Å²) in [6.07, 6.45) is 6.52. The Morgan fingerprint density at radius 3 is 3.00 bits per heavy atom. The summed E-state index contributed by atoms with van der Waals surface area (Å²) in [5, 5.41) is 1.89. The van der Waals surface area contributed by atoms with E-state index in [0.29, 0.717) is 23.3 Å². The van der Waals surface area contributed by atoms with E-state index in [4.69, 9.17) is 4.74 Å². The minimum Gasteiger partial charge on any atom is -0.461 e. The molecule has 2 rings (SSSR count). The van der Waals surface area contributed by atoms with Gasteiger partial charge in [0.15, 0.2) is 0 Å². The second kappa shape index (κ2) is 5.30. The third kappa shape index (κ3) is 2.73. The molecule has 2 nitrogen and oxygen atoms in total. The van der Waals surface area contributed by atoms with E-state index in [9.17, 15) is 4.79 Å². The van der Waals surface area contributed by atoms with Gasteiger partial charge in [-0.3, -0.25) is 0 Å². The molecule has 0 fully saturated rings. The monoisotopic (exact) mass is 236 g/mol. The van der Waals surface area contributed by atoms with Crippen LogP contribution in [0.3, 0.4) is 0 Å². The highest BCUT2D eigenvalue weighted by molar-refractivity contribution is 7.11. The molecule has 1 aliphatic carbocycles. The zero-order valence-electron chi connectivity index (χ0n) is 9.39. The summed E-state index contributed by atoms with van der Waals surface area (Å²) in [6, 6.07) is 3.67. The molecule has 0 radical (unpaired) electrons. The molecule has 3 heteroatoms. The van der Waals surface area contributed by atoms with Gasteiger partial charge in [0.2, 0.25) is 0 Å². The molecule has 0 N–H and O–H groups in total. The van der Waals surface area contributed by atoms with Gasteiger partial charge in [-0.05, 0) is 36.1 Å². The van der Waals surface area contributed by atoms with Gasteiger partial charge in [0, 0.05) is 0 Å². The fourth-order valence-corrected chi connectivity index (χ4v) is 2.50. The van der Waals surface area contributed by atoms with Crippen LogP contribution < -0.4 is 0 Å². The molecule has 16 heavy (non-hydrogen) atoms. The molecule has 0 aromatic carbocycles. The fourth-order valence-electron chi connectivity index (χ4n) is 1.89. The fraction of sp³-hybridized carbons (Fsp3) is 0.462. The molecule has 2 atom stereocenters. The summed E-state index contributed by atoms with van der Waals surface area (Å²) in [4.78, 5) is 12.3. The Labute approximate surface area is 99.9 Å². The standard InChI is InChI=1S/C13H16O2S/c1-10-5-2-3-6-11(10)9-15-13(14)12-7-4-8-16-12/h2-4,7-8,10-11H,5-6,9H2,1H3. The molecule has 1 aromatic rings. The molecule has 0 aliphatic heterocycles. The van der Waals surface area contributed by atoms with Gasteiger partial charge in [0.25, 0.3) is 0 Å². The third-order valence-corrected chi connectivity index (χ3v) is 3.92. The van der Waals surface area contributed by atoms with E-state index in [2.05, 4.69) is 19.1 Å². The molecule has 0 saturated heterocycles. The lowest BCUT2D eigenvalue weighted by molar-refractivity contribution is 0.0401. The van der Waals surface area contributed by atoms with Crippen LogP contribution in [0.15, 0.2) is 29.7 Å². The highest BCUT2D eigenvalue weighted by Crippen LogP contribution is 2.25. The van der Waals surface area contributed by atoms with Gasteiger partial charge >= 0.3 is 5.97 Å². The Morgan fingerprint density at radius 2 is 2.31 bits per heavy atom. The molecular formula is C13H16O2S. The first-order valence-corrected chi connectivity index (χ1v) is 6.51. The van der Waals surface area contributed by atoms with Crippen LogP contribution in [0.25, 0.3) is 0 Å². The summed E-state index contributed by atoms with van der Waals surface area (Å²) >= 11 is 1.43. The molecular weight excluding hydrogens is 220 g/mol. The molecule has 1 aliphatic rings. The van der Waals surface area contributed by atoms with Gasteiger partial charge < -0.3 is 4.74 Å². The maximum absolute atomic E-state index is 11.6. The van der Waals surface area contributed by atoms with E-state index in [-0.39, 0.29) is 5.97 Å². The number of hydrogen-bond acceptors (Lipinski definition) is 3. The Balaban J connectivity index is 1.83. The molecule has 2 unspecified atom stereocenters. The second-order valence-corrected chi connectivity index (χ2v) is 5.20. The zero-order valence-corrected chi connectivity index (χ0v) is 10.2. The second-order valence-electron chi connectivity index (χ2n) is 4.26. The van der Waals surface area contributed by atoms with Crippen LogP contribution >= 0.6 is 11.3 Å². The number of rotatable bonds is 3. The molecule has 1 heterocycles. The molecule has 0 spiro atoms. The lowest BCUT2D eigenvalue weighted by Crippen LogP contribution is -2.21. The Kier molecular flexibility index (Phi) is 3.78. The number of carbonyl (C=O) groups is 1. The maximum Gasteiger partial charge on any atom is 0.348 e. The number of ether oxygens (including phenoxy) is 1. The van der Waals surface area contributed by atoms with Gasteiger partial charge in [0.05, 0.1) is 6.61 Å². The van der Waals surface area contributed by atoms with E-state index in [1.807, 2.05) is 11.4 Å². The highest BCUT2D eigenvalue weighted by Gasteiger charge is 2.20. The number of allylic oxidation sites excluding steroid dienone is 2. The lowest BCUT2D eigenvalue weighted by atomic mass is 9.85. The average molecular weight is 236 g/mol. The third-order valence-electron chi connectivity index (χ3n) is 3.07. The van der Waals surface area contributed by atoms with Crippen LogP contribution in [0.4, 0.5) is 0 Å². The van der Waals surface area contributed by atoms with E-state index in [1.165, 1.54) is 11.3 Å². The first-order chi connectivity index (χ1) is 7.77. The number of thiophene rings is 1. The van der Waals surface area contributed by atoms with Crippen LogP contribution in [-0.2, 0) is 4.74 Å². The summed E-state index contributed by atoms with van der Waals surface area (Å²) in [5.74, 6) is 0.909. The Morgan fingerprint density at radius 1 is 1.50 bits per heavy atom. The van der Waals surface area contributed by atoms with Crippen molar-refractivity contribution in [3.63, 3.8) is 0 Å². The normalized spacial score (nSPS) is 24.3. The zero-order chi connectivity index (χ0) is 11.4. The number of carbonyl (C=O) groups excluding carboxylic acids is 1. The van der Waals surface area contributed by atoms with Crippen LogP contribution in [-0.4, -0.2) is 12.6 Å². The van der Waals surface area contributed by atoms with Gasteiger partial charge in [-0.1, -0.05) is 25.1 Å². The topological polar surface area (TPSA) is 26.3 Å². The van der Waals surface area contributed by atoms with Crippen molar-refractivity contribution >= 4 is 17.3 Å². The Bertz CT molecular complexity index is 367. The number of esters is 1. The summed E-state index contributed by atoms with van der Waals surface area (Å²) in [6.45, 7) is 2.76. The van der Waals surface area contributed by atoms with Crippen molar-refractivity contribution in [3.05, 3.63) is 34.5 Å². The van der Waals surface area contributed by atoms with Crippen LogP contribution in [0, 0.1) is 11.8 Å². The molecule has 86 valence electrons. The largest absolute Gasteiger partial charge is 0.461 e. The van der Waals surface area contributed by atoms with E-state index in [0.717, 1.165) is 12.8 Å². The van der Waals surface area contributed by atoms with Gasteiger partial charge in [-0.15, -0.1) is 11.3 Å². The first-order valence-electron chi connectivity index (χ1n) is 5.63. The van der Waals surface area contributed by atoms with Crippen molar-refractivity contribution in [2.45, 2.75) is 19.8 Å². The van der Waals surface area contributed by atoms with Crippen LogP contribution in [0.5, 0.6) is 0 Å². The van der Waals surface area contributed by atoms with Crippen molar-refractivity contribution in [1.82, 2.24) is 0 Å². The maximum atomic E-state index is 11.6. The summed E-state index contributed by atoms with van der Waals surface area (Å²) in [5.41, 5.74) is 0. The summed E-state index contributed by atoms with van der Waals surface area (Å²) in [7, 11) is 0. The number of hydrogen-bond donors (Lipinski definition) is 0. The highest BCUT2D eigenvalue weighted by atomic mass is 32.1. The summed E-state index contributed by atoms with van der Waals surface area (Å²) < 4.78 is 5.33. The minimum atomic E-state index is -0.184. The average Bonchev–Trinajstić information content (AvgIpc) is 2.81. The molecule has 0 saturated carbocycles. The smallest absolute Gasteiger partial charge is 0.348 e. The predicted molar refractivity (Wildman–Crippen MR) is 65.6 cm³/mol. The van der Waals surface area contributed by atoms with Crippen molar-refractivity contribution in [2.24, 2.45) is 11.8 Å². The molecule has 1 aromatic heterocycles. The first kappa shape index (κ1) is 11.4. The van der Waals surface area contributed by atoms with E-state index < -0.39 is 0 Å². The van der Waals surface area contributed by atoms with Crippen LogP contribution in [0.1, 0.15) is 29.4 Å². The predicted octanol–water partition coefficient (Wildman–Crippen LogP) is 3.51. The minimum absolute atomic E-state index is 0.184. The van der Waals surface area contributed by atoms with E-state index in [1.54, 1.807) is 6.07 Å².